The van der Waals surface area contributed by atoms with Gasteiger partial charge in [0.25, 0.3) is 0 Å². The first-order chi connectivity index (χ1) is 16.4. The maximum atomic E-state index is 10.8. The van der Waals surface area contributed by atoms with E-state index in [1.165, 1.54) is 0 Å². The molecule has 9 atom stereocenters. The summed E-state index contributed by atoms with van der Waals surface area (Å²) in [5.41, 5.74) is 3.62. The molecule has 5 aliphatic rings. The van der Waals surface area contributed by atoms with Crippen LogP contribution in [0.25, 0.3) is 0 Å². The number of rotatable bonds is 2. The van der Waals surface area contributed by atoms with E-state index in [1.54, 1.807) is 0 Å². The van der Waals surface area contributed by atoms with Crippen molar-refractivity contribution >= 4 is 11.4 Å². The largest absolute Gasteiger partial charge is 0.388 e. The summed E-state index contributed by atoms with van der Waals surface area (Å²) in [4.78, 5) is 0. The first-order valence-corrected chi connectivity index (χ1v) is 12.0. The molecule has 0 aliphatic carbocycles. The van der Waals surface area contributed by atoms with Crippen LogP contribution in [-0.4, -0.2) is 78.3 Å². The molecule has 8 nitrogen and oxygen atoms in total. The van der Waals surface area contributed by atoms with Gasteiger partial charge in [0, 0.05) is 16.9 Å². The number of nitrogens with one attached hydrogen (secondary N) is 2. The minimum Gasteiger partial charge on any atom is -0.388 e. The second kappa shape index (κ2) is 7.16. The number of anilines is 2. The molecule has 4 fully saturated rings. The van der Waals surface area contributed by atoms with Crippen molar-refractivity contribution in [2.75, 3.05) is 30.5 Å². The average Bonchev–Trinajstić information content (AvgIpc) is 3.53. The lowest BCUT2D eigenvalue weighted by molar-refractivity contribution is -0.0834. The number of aryl methyl sites for hydroxylation is 2. The summed E-state index contributed by atoms with van der Waals surface area (Å²) < 4.78 is 25.3. The maximum absolute atomic E-state index is 10.8. The number of aliphatic hydroxyl groups excluding tert-OH is 2. The van der Waals surface area contributed by atoms with Crippen LogP contribution in [0.5, 0.6) is 0 Å². The van der Waals surface area contributed by atoms with Gasteiger partial charge in [-0.05, 0) is 43.2 Å². The molecule has 5 heterocycles. The van der Waals surface area contributed by atoms with Crippen LogP contribution in [0, 0.1) is 13.8 Å². The summed E-state index contributed by atoms with van der Waals surface area (Å²) in [5.74, 6) is 0. The molecule has 4 saturated heterocycles. The van der Waals surface area contributed by atoms with Gasteiger partial charge >= 0.3 is 0 Å². The van der Waals surface area contributed by atoms with Gasteiger partial charge in [0.05, 0.1) is 19.8 Å². The Hall–Kier alpha value is -2.20. The van der Waals surface area contributed by atoms with E-state index in [4.69, 9.17) is 18.9 Å². The molecule has 2 aromatic rings. The van der Waals surface area contributed by atoms with Gasteiger partial charge in [-0.15, -0.1) is 0 Å². The molecular formula is C26H30N2O6. The third kappa shape index (κ3) is 2.64. The van der Waals surface area contributed by atoms with Gasteiger partial charge in [0.2, 0.25) is 0 Å². The van der Waals surface area contributed by atoms with Crippen LogP contribution in [0.4, 0.5) is 11.4 Å². The zero-order valence-electron chi connectivity index (χ0n) is 19.2. The Morgan fingerprint density at radius 3 is 2.50 bits per heavy atom. The Kier molecular flexibility index (Phi) is 4.45. The van der Waals surface area contributed by atoms with Gasteiger partial charge in [-0.3, -0.25) is 0 Å². The van der Waals surface area contributed by atoms with Gasteiger partial charge in [0.1, 0.15) is 53.8 Å². The normalized spacial score (nSPS) is 43.8. The van der Waals surface area contributed by atoms with Crippen molar-refractivity contribution in [3.05, 3.63) is 59.2 Å². The molecule has 34 heavy (non-hydrogen) atoms. The van der Waals surface area contributed by atoms with Crippen LogP contribution in [0.1, 0.15) is 16.7 Å². The minimum absolute atomic E-state index is 0.219. The highest BCUT2D eigenvalue weighted by Gasteiger charge is 2.75. The highest BCUT2D eigenvalue weighted by molar-refractivity contribution is 5.68. The Labute approximate surface area is 198 Å². The summed E-state index contributed by atoms with van der Waals surface area (Å²) in [6, 6.07) is 14.6. The fourth-order valence-corrected chi connectivity index (χ4v) is 6.87. The third-order valence-corrected chi connectivity index (χ3v) is 8.25. The Morgan fingerprint density at radius 1 is 0.912 bits per heavy atom. The first-order valence-electron chi connectivity index (χ1n) is 12.0. The van der Waals surface area contributed by atoms with E-state index in [-0.39, 0.29) is 13.2 Å². The molecule has 0 saturated carbocycles. The summed E-state index contributed by atoms with van der Waals surface area (Å²) in [6.07, 6.45) is -3.67. The molecule has 5 aliphatic heterocycles. The number of hydrogen-bond acceptors (Lipinski definition) is 8. The Morgan fingerprint density at radius 2 is 1.68 bits per heavy atom. The monoisotopic (exact) mass is 466 g/mol. The third-order valence-electron chi connectivity index (χ3n) is 8.25. The smallest absolute Gasteiger partial charge is 0.123 e. The molecule has 7 rings (SSSR count). The summed E-state index contributed by atoms with van der Waals surface area (Å²) >= 11 is 0. The number of benzene rings is 2. The fraction of sp³-hybridized carbons (Fsp3) is 0.538. The second-order valence-corrected chi connectivity index (χ2v) is 10.5. The van der Waals surface area contributed by atoms with Crippen molar-refractivity contribution in [3.8, 4) is 0 Å². The van der Waals surface area contributed by atoms with Crippen LogP contribution in [-0.2, 0) is 24.5 Å². The van der Waals surface area contributed by atoms with Crippen molar-refractivity contribution in [2.24, 2.45) is 0 Å². The van der Waals surface area contributed by atoms with E-state index < -0.39 is 53.8 Å². The van der Waals surface area contributed by atoms with Crippen LogP contribution in [0.3, 0.4) is 0 Å². The molecular weight excluding hydrogens is 436 g/mol. The lowest BCUT2D eigenvalue weighted by Crippen LogP contribution is -2.70. The molecule has 0 amide bonds. The van der Waals surface area contributed by atoms with Crippen LogP contribution < -0.4 is 10.6 Å². The zero-order chi connectivity index (χ0) is 23.2. The molecule has 0 radical (unpaired) electrons. The minimum atomic E-state index is -0.806. The molecule has 0 bridgehead atoms. The SMILES string of the molecule is Cc1cccc(NC23c4ccc(C)cc4NC4(COC5C4OC[C@H]5O)C2O[C@H]2C3OC[C@H]2O)c1. The van der Waals surface area contributed by atoms with Crippen molar-refractivity contribution in [1.82, 2.24) is 0 Å². The first kappa shape index (κ1) is 21.1. The summed E-state index contributed by atoms with van der Waals surface area (Å²) in [7, 11) is 0. The molecule has 4 N–H and O–H groups in total. The van der Waals surface area contributed by atoms with E-state index in [1.807, 2.05) is 12.1 Å². The van der Waals surface area contributed by atoms with Crippen molar-refractivity contribution in [3.63, 3.8) is 0 Å². The topological polar surface area (TPSA) is 101 Å². The number of aliphatic hydroxyl groups is 2. The number of hydrogen-bond donors (Lipinski definition) is 4. The van der Waals surface area contributed by atoms with Crippen molar-refractivity contribution in [2.45, 2.75) is 67.7 Å². The van der Waals surface area contributed by atoms with E-state index >= 15 is 0 Å². The van der Waals surface area contributed by atoms with Gasteiger partial charge in [-0.1, -0.05) is 24.3 Å². The molecule has 1 spiro atoms. The van der Waals surface area contributed by atoms with Crippen LogP contribution >= 0.6 is 0 Å². The zero-order valence-corrected chi connectivity index (χ0v) is 19.2. The second-order valence-electron chi connectivity index (χ2n) is 10.5. The van der Waals surface area contributed by atoms with Gasteiger partial charge in [-0.25, -0.2) is 0 Å². The van der Waals surface area contributed by atoms with Crippen LogP contribution in [0.2, 0.25) is 0 Å². The van der Waals surface area contributed by atoms with Gasteiger partial charge in [-0.2, -0.15) is 0 Å². The highest BCUT2D eigenvalue weighted by atomic mass is 16.6. The lowest BCUT2D eigenvalue weighted by atomic mass is 9.67. The van der Waals surface area contributed by atoms with Crippen LogP contribution in [0.15, 0.2) is 42.5 Å². The van der Waals surface area contributed by atoms with Crippen molar-refractivity contribution < 1.29 is 29.2 Å². The fourth-order valence-electron chi connectivity index (χ4n) is 6.87. The van der Waals surface area contributed by atoms with E-state index in [2.05, 4.69) is 54.8 Å². The average molecular weight is 467 g/mol. The lowest BCUT2D eigenvalue weighted by Gasteiger charge is -2.53. The van der Waals surface area contributed by atoms with E-state index in [9.17, 15) is 10.2 Å². The Bertz CT molecular complexity index is 1140. The number of ether oxygens (including phenoxy) is 4. The van der Waals surface area contributed by atoms with E-state index in [0.29, 0.717) is 6.61 Å². The Balaban J connectivity index is 1.46. The molecule has 0 aromatic heterocycles. The molecule has 2 aromatic carbocycles. The quantitative estimate of drug-likeness (QED) is 0.528. The maximum Gasteiger partial charge on any atom is 0.123 e. The predicted octanol–water partition coefficient (Wildman–Crippen LogP) is 1.46. The standard InChI is InChI=1S/C26H30N2O6/c1-13-4-3-5-15(8-13)27-26-16-7-6-14(2)9-17(16)28-25(12-33-20-18(29)10-31-22(20)25)24(26)34-21-19(30)11-32-23(21)26/h3-9,18-24,27-30H,10-12H2,1-2H3/t18-,19-,20?,21-,22?,23?,24?,25?,26?/m1/s1. The molecule has 6 unspecified atom stereocenters. The highest BCUT2D eigenvalue weighted by Crippen LogP contribution is 2.58. The van der Waals surface area contributed by atoms with Gasteiger partial charge in [0.15, 0.2) is 0 Å². The predicted molar refractivity (Wildman–Crippen MR) is 124 cm³/mol. The number of fused-ring (bicyclic) bond motifs is 8. The van der Waals surface area contributed by atoms with E-state index in [0.717, 1.165) is 28.1 Å². The molecule has 180 valence electrons. The summed E-state index contributed by atoms with van der Waals surface area (Å²) in [5, 5.41) is 28.9. The van der Waals surface area contributed by atoms with Gasteiger partial charge < -0.3 is 39.8 Å². The molecule has 8 heteroatoms. The summed E-state index contributed by atoms with van der Waals surface area (Å²) in [6.45, 7) is 4.88. The van der Waals surface area contributed by atoms with Crippen molar-refractivity contribution in [1.29, 1.82) is 0 Å².